The third kappa shape index (κ3) is 9.75. The van der Waals surface area contributed by atoms with Gasteiger partial charge in [0.1, 0.15) is 0 Å². The summed E-state index contributed by atoms with van der Waals surface area (Å²) in [5.74, 6) is 0.616. The maximum absolute atomic E-state index is 9.35. The quantitative estimate of drug-likeness (QED) is 0.440. The fourth-order valence-electron chi connectivity index (χ4n) is 0.331. The Morgan fingerprint density at radius 1 is 1.50 bits per heavy atom. The summed E-state index contributed by atoms with van der Waals surface area (Å²) in [7, 11) is 0. The topological polar surface area (TPSA) is 29.5 Å². The summed E-state index contributed by atoms with van der Waals surface area (Å²) >= 11 is 6.00. The van der Waals surface area contributed by atoms with Gasteiger partial charge in [-0.25, -0.2) is 0 Å². The van der Waals surface area contributed by atoms with Crippen LogP contribution >= 0.6 is 17.1 Å². The van der Waals surface area contributed by atoms with E-state index in [0.717, 1.165) is 0 Å². The van der Waals surface area contributed by atoms with E-state index in [1.807, 2.05) is 0 Å². The average molecular weight is 252 g/mol. The van der Waals surface area contributed by atoms with Crippen LogP contribution in [-0.2, 0) is 16.3 Å². The van der Waals surface area contributed by atoms with Crippen LogP contribution in [0.3, 0.4) is 0 Å². The van der Waals surface area contributed by atoms with Crippen molar-refractivity contribution in [1.82, 2.24) is 0 Å². The molecule has 0 aromatic rings. The zero-order valence-electron chi connectivity index (χ0n) is 6.10. The molecule has 0 spiro atoms. The summed E-state index contributed by atoms with van der Waals surface area (Å²) in [6.07, 6.45) is 3.24. The summed E-state index contributed by atoms with van der Waals surface area (Å²) in [5, 5.41) is 0. The van der Waals surface area contributed by atoms with Crippen LogP contribution in [0.15, 0.2) is 25.3 Å². The van der Waals surface area contributed by atoms with Crippen LogP contribution in [0.25, 0.3) is 0 Å². The molecule has 0 aromatic heterocycles. The van der Waals surface area contributed by atoms with E-state index in [0.29, 0.717) is 12.4 Å². The SMILES string of the molecule is C=CCOP(O)(=S)SCC=C.[CaH2]. The molecule has 0 saturated heterocycles. The van der Waals surface area contributed by atoms with Gasteiger partial charge in [-0.15, -0.1) is 13.2 Å². The standard InChI is InChI=1S/C6H11O2PS2.Ca.2H/c1-3-5-8-9(7,10)11-6-4-2;;;/h3-4H,1-2,5-6H2,(H,7,10);;;. The molecule has 0 radical (unpaired) electrons. The van der Waals surface area contributed by atoms with Crippen LogP contribution in [0.5, 0.6) is 0 Å². The Kier molecular flexibility index (Phi) is 12.4. The van der Waals surface area contributed by atoms with Crippen LogP contribution in [0.1, 0.15) is 0 Å². The van der Waals surface area contributed by atoms with Crippen molar-refractivity contribution in [3.63, 3.8) is 0 Å². The van der Waals surface area contributed by atoms with E-state index in [-0.39, 0.29) is 37.7 Å². The fourth-order valence-corrected chi connectivity index (χ4v) is 3.01. The van der Waals surface area contributed by atoms with Gasteiger partial charge in [0.25, 0.3) is 0 Å². The Labute approximate surface area is 112 Å². The van der Waals surface area contributed by atoms with E-state index in [2.05, 4.69) is 13.2 Å². The third-order valence-corrected chi connectivity index (χ3v) is 4.90. The molecule has 1 N–H and O–H groups in total. The average Bonchev–Trinajstić information content (AvgIpc) is 1.97. The van der Waals surface area contributed by atoms with E-state index in [9.17, 15) is 4.89 Å². The van der Waals surface area contributed by atoms with Gasteiger partial charge in [0.15, 0.2) is 0 Å². The molecular formula is C6H13CaO2PS2. The van der Waals surface area contributed by atoms with E-state index in [1.165, 1.54) is 11.4 Å². The molecule has 0 aliphatic rings. The predicted octanol–water partition coefficient (Wildman–Crippen LogP) is 1.41. The molecule has 0 bridgehead atoms. The van der Waals surface area contributed by atoms with Gasteiger partial charge in [-0.2, -0.15) is 0 Å². The Hall–Kier alpha value is 1.66. The monoisotopic (exact) mass is 252 g/mol. The number of hydrogen-bond donors (Lipinski definition) is 1. The zero-order valence-corrected chi connectivity index (χ0v) is 8.63. The first-order valence-corrected chi connectivity index (χ1v) is 7.22. The van der Waals surface area contributed by atoms with Gasteiger partial charge in [-0.1, -0.05) is 23.5 Å². The second-order valence-electron chi connectivity index (χ2n) is 1.64. The van der Waals surface area contributed by atoms with Crippen molar-refractivity contribution in [2.75, 3.05) is 12.4 Å². The number of hydrogen-bond acceptors (Lipinski definition) is 3. The molecule has 12 heavy (non-hydrogen) atoms. The summed E-state index contributed by atoms with van der Waals surface area (Å²) in [4.78, 5) is 9.35. The molecule has 2 nitrogen and oxygen atoms in total. The van der Waals surface area contributed by atoms with Gasteiger partial charge in [0.05, 0.1) is 6.61 Å². The Morgan fingerprint density at radius 3 is 2.50 bits per heavy atom. The first-order chi connectivity index (χ1) is 5.12. The molecule has 0 fully saturated rings. The predicted molar refractivity (Wildman–Crippen MR) is 63.9 cm³/mol. The summed E-state index contributed by atoms with van der Waals surface area (Å²) in [5.41, 5.74) is -2.62. The summed E-state index contributed by atoms with van der Waals surface area (Å²) < 4.78 is 4.96. The normalized spacial score (nSPS) is 14.1. The van der Waals surface area contributed by atoms with Crippen molar-refractivity contribution >= 4 is 66.6 Å². The molecule has 6 heteroatoms. The van der Waals surface area contributed by atoms with Gasteiger partial charge >= 0.3 is 37.7 Å². The van der Waals surface area contributed by atoms with E-state index in [4.69, 9.17) is 16.3 Å². The summed E-state index contributed by atoms with van der Waals surface area (Å²) in [6.45, 7) is 7.26. The minimum absolute atomic E-state index is 0. The maximum atomic E-state index is 9.35. The zero-order chi connectivity index (χ0) is 8.74. The number of rotatable bonds is 6. The minimum atomic E-state index is -2.62. The van der Waals surface area contributed by atoms with Crippen molar-refractivity contribution in [3.8, 4) is 0 Å². The third-order valence-electron chi connectivity index (χ3n) is 0.711. The van der Waals surface area contributed by atoms with Gasteiger partial charge in [-0.05, 0) is 11.8 Å². The molecule has 0 rings (SSSR count). The van der Waals surface area contributed by atoms with Crippen molar-refractivity contribution in [3.05, 3.63) is 25.3 Å². The van der Waals surface area contributed by atoms with Crippen molar-refractivity contribution in [1.29, 1.82) is 0 Å². The van der Waals surface area contributed by atoms with E-state index >= 15 is 0 Å². The first-order valence-electron chi connectivity index (χ1n) is 2.96. The van der Waals surface area contributed by atoms with Crippen LogP contribution < -0.4 is 0 Å². The second-order valence-corrected chi connectivity index (χ2v) is 7.86. The first kappa shape index (κ1) is 16.1. The molecular weight excluding hydrogens is 239 g/mol. The molecule has 0 amide bonds. The molecule has 1 atom stereocenters. The van der Waals surface area contributed by atoms with Crippen LogP contribution in [0.2, 0.25) is 0 Å². The fraction of sp³-hybridized carbons (Fsp3) is 0.333. The van der Waals surface area contributed by atoms with E-state index < -0.39 is 5.69 Å². The molecule has 1 unspecified atom stereocenters. The summed E-state index contributed by atoms with van der Waals surface area (Å²) in [6, 6.07) is 0. The van der Waals surface area contributed by atoms with Crippen molar-refractivity contribution < 1.29 is 9.42 Å². The van der Waals surface area contributed by atoms with Gasteiger partial charge in [0, 0.05) is 5.75 Å². The van der Waals surface area contributed by atoms with Crippen LogP contribution in [0, 0.1) is 0 Å². The Morgan fingerprint density at radius 2 is 2.08 bits per heavy atom. The van der Waals surface area contributed by atoms with Crippen molar-refractivity contribution in [2.45, 2.75) is 0 Å². The second kappa shape index (κ2) is 9.22. The van der Waals surface area contributed by atoms with Gasteiger partial charge < -0.3 is 9.42 Å². The van der Waals surface area contributed by atoms with Gasteiger partial charge in [0.2, 0.25) is 5.69 Å². The molecule has 0 aliphatic heterocycles. The van der Waals surface area contributed by atoms with E-state index in [1.54, 1.807) is 12.2 Å². The molecule has 0 aromatic carbocycles. The molecule has 68 valence electrons. The molecule has 0 aliphatic carbocycles. The van der Waals surface area contributed by atoms with Gasteiger partial charge in [-0.3, -0.25) is 0 Å². The van der Waals surface area contributed by atoms with Crippen molar-refractivity contribution in [2.24, 2.45) is 0 Å². The Bertz CT molecular complexity index is 170. The Balaban J connectivity index is 0. The molecule has 0 heterocycles. The van der Waals surface area contributed by atoms with Crippen LogP contribution in [0.4, 0.5) is 0 Å². The van der Waals surface area contributed by atoms with Crippen LogP contribution in [-0.4, -0.2) is 55.0 Å². The molecule has 0 saturated carbocycles.